The van der Waals surface area contributed by atoms with E-state index in [0.717, 1.165) is 18.4 Å². The number of Topliss-reactive ketones (excluding diaryl/α,β-unsaturated/α-hetero) is 1. The third kappa shape index (κ3) is 2.92. The average molecular weight is 273 g/mol. The second-order valence-corrected chi connectivity index (χ2v) is 6.64. The second kappa shape index (κ2) is 5.39. The van der Waals surface area contributed by atoms with Crippen LogP contribution in [0, 0.1) is 12.3 Å². The number of carbonyl (C=O) groups is 2. The van der Waals surface area contributed by atoms with Gasteiger partial charge in [-0.1, -0.05) is 50.6 Å². The van der Waals surface area contributed by atoms with Gasteiger partial charge in [0.1, 0.15) is 0 Å². The van der Waals surface area contributed by atoms with Gasteiger partial charge in [0.05, 0.1) is 6.04 Å². The van der Waals surface area contributed by atoms with Gasteiger partial charge in [-0.25, -0.2) is 0 Å². The zero-order chi connectivity index (χ0) is 14.9. The van der Waals surface area contributed by atoms with Crippen LogP contribution < -0.4 is 0 Å². The second-order valence-electron chi connectivity index (χ2n) is 6.64. The molecule has 1 aromatic rings. The minimum absolute atomic E-state index is 0.0695. The van der Waals surface area contributed by atoms with Gasteiger partial charge in [0.15, 0.2) is 5.78 Å². The lowest BCUT2D eigenvalue weighted by Crippen LogP contribution is -2.45. The Bertz CT molecular complexity index is 511. The first-order valence-corrected chi connectivity index (χ1v) is 7.22. The van der Waals surface area contributed by atoms with E-state index in [9.17, 15) is 9.59 Å². The standard InChI is InChI=1S/C17H23NO2/c1-12-7-9-13(10-8-12)15(19)14-6-5-11-18(14)16(20)17(2,3)4/h7-10,14H,5-6,11H2,1-4H3. The maximum absolute atomic E-state index is 12.6. The first-order chi connectivity index (χ1) is 9.30. The molecule has 0 saturated carbocycles. The topological polar surface area (TPSA) is 37.4 Å². The SMILES string of the molecule is Cc1ccc(C(=O)C2CCCN2C(=O)C(C)(C)C)cc1. The number of hydrogen-bond donors (Lipinski definition) is 0. The van der Waals surface area contributed by atoms with Crippen LogP contribution in [0.1, 0.15) is 49.5 Å². The number of aryl methyl sites for hydroxylation is 1. The maximum Gasteiger partial charge on any atom is 0.228 e. The number of ketones is 1. The number of amides is 1. The van der Waals surface area contributed by atoms with Gasteiger partial charge in [0.25, 0.3) is 0 Å². The van der Waals surface area contributed by atoms with E-state index in [1.165, 1.54) is 0 Å². The van der Waals surface area contributed by atoms with Gasteiger partial charge in [-0.3, -0.25) is 9.59 Å². The zero-order valence-electron chi connectivity index (χ0n) is 12.8. The molecule has 1 aliphatic heterocycles. The lowest BCUT2D eigenvalue weighted by atomic mass is 9.93. The molecule has 108 valence electrons. The summed E-state index contributed by atoms with van der Waals surface area (Å²) in [6.45, 7) is 8.40. The van der Waals surface area contributed by atoms with E-state index < -0.39 is 5.41 Å². The summed E-state index contributed by atoms with van der Waals surface area (Å²) in [6.07, 6.45) is 1.68. The lowest BCUT2D eigenvalue weighted by molar-refractivity contribution is -0.139. The molecule has 1 atom stereocenters. The fourth-order valence-corrected chi connectivity index (χ4v) is 2.62. The van der Waals surface area contributed by atoms with Crippen LogP contribution in [0.2, 0.25) is 0 Å². The van der Waals surface area contributed by atoms with Gasteiger partial charge in [-0.15, -0.1) is 0 Å². The lowest BCUT2D eigenvalue weighted by Gasteiger charge is -2.30. The van der Waals surface area contributed by atoms with Crippen LogP contribution in [0.3, 0.4) is 0 Å². The van der Waals surface area contributed by atoms with Crippen LogP contribution in [0.15, 0.2) is 24.3 Å². The molecule has 1 fully saturated rings. The van der Waals surface area contributed by atoms with E-state index in [4.69, 9.17) is 0 Å². The molecule has 0 N–H and O–H groups in total. The van der Waals surface area contributed by atoms with Crippen molar-refractivity contribution in [2.24, 2.45) is 5.41 Å². The molecular weight excluding hydrogens is 250 g/mol. The van der Waals surface area contributed by atoms with Gasteiger partial charge < -0.3 is 4.90 Å². The van der Waals surface area contributed by atoms with Crippen LogP contribution in [-0.2, 0) is 4.79 Å². The normalized spacial score (nSPS) is 19.2. The fraction of sp³-hybridized carbons (Fsp3) is 0.529. The number of rotatable bonds is 2. The van der Waals surface area contributed by atoms with E-state index >= 15 is 0 Å². The fourth-order valence-electron chi connectivity index (χ4n) is 2.62. The number of likely N-dealkylation sites (tertiary alicyclic amines) is 1. The first kappa shape index (κ1) is 14.8. The molecule has 0 aromatic heterocycles. The quantitative estimate of drug-likeness (QED) is 0.776. The monoisotopic (exact) mass is 273 g/mol. The number of carbonyl (C=O) groups excluding carboxylic acids is 2. The minimum Gasteiger partial charge on any atom is -0.332 e. The average Bonchev–Trinajstić information content (AvgIpc) is 2.85. The van der Waals surface area contributed by atoms with Crippen LogP contribution in [0.4, 0.5) is 0 Å². The van der Waals surface area contributed by atoms with Crippen LogP contribution >= 0.6 is 0 Å². The summed E-state index contributed by atoms with van der Waals surface area (Å²) in [6, 6.07) is 7.31. The predicted molar refractivity (Wildman–Crippen MR) is 79.7 cm³/mol. The Morgan fingerprint density at radius 2 is 1.75 bits per heavy atom. The summed E-state index contributed by atoms with van der Waals surface area (Å²) in [5.41, 5.74) is 1.40. The highest BCUT2D eigenvalue weighted by atomic mass is 16.2. The van der Waals surface area contributed by atoms with E-state index in [-0.39, 0.29) is 17.7 Å². The summed E-state index contributed by atoms with van der Waals surface area (Å²) in [4.78, 5) is 26.8. The highest BCUT2D eigenvalue weighted by Crippen LogP contribution is 2.27. The van der Waals surface area contributed by atoms with E-state index in [0.29, 0.717) is 12.1 Å². The van der Waals surface area contributed by atoms with Crippen LogP contribution in [0.25, 0.3) is 0 Å². The maximum atomic E-state index is 12.6. The van der Waals surface area contributed by atoms with Crippen molar-refractivity contribution >= 4 is 11.7 Å². The molecule has 2 rings (SSSR count). The summed E-state index contributed by atoms with van der Waals surface area (Å²) < 4.78 is 0. The van der Waals surface area contributed by atoms with Gasteiger partial charge in [-0.05, 0) is 19.8 Å². The molecule has 0 aliphatic carbocycles. The molecule has 3 nitrogen and oxygen atoms in total. The summed E-state index contributed by atoms with van der Waals surface area (Å²) >= 11 is 0. The first-order valence-electron chi connectivity index (χ1n) is 7.22. The molecule has 1 heterocycles. The van der Waals surface area contributed by atoms with Crippen LogP contribution in [-0.4, -0.2) is 29.2 Å². The Hall–Kier alpha value is -1.64. The highest BCUT2D eigenvalue weighted by molar-refractivity contribution is 6.02. The molecular formula is C17H23NO2. The van der Waals surface area contributed by atoms with E-state index in [2.05, 4.69) is 0 Å². The van der Waals surface area contributed by atoms with E-state index in [1.807, 2.05) is 52.0 Å². The molecule has 3 heteroatoms. The van der Waals surface area contributed by atoms with E-state index in [1.54, 1.807) is 4.90 Å². The molecule has 0 spiro atoms. The smallest absolute Gasteiger partial charge is 0.228 e. The molecule has 1 aromatic carbocycles. The third-order valence-corrected chi connectivity index (χ3v) is 3.79. The molecule has 1 unspecified atom stereocenters. The molecule has 1 saturated heterocycles. The molecule has 1 amide bonds. The Morgan fingerprint density at radius 1 is 1.15 bits per heavy atom. The van der Waals surface area contributed by atoms with Crippen molar-refractivity contribution in [3.8, 4) is 0 Å². The van der Waals surface area contributed by atoms with Gasteiger partial charge in [0, 0.05) is 17.5 Å². The Kier molecular flexibility index (Phi) is 3.98. The highest BCUT2D eigenvalue weighted by Gasteiger charge is 2.38. The summed E-state index contributed by atoms with van der Waals surface area (Å²) in [5, 5.41) is 0. The summed E-state index contributed by atoms with van der Waals surface area (Å²) in [5.74, 6) is 0.139. The zero-order valence-corrected chi connectivity index (χ0v) is 12.8. The van der Waals surface area contributed by atoms with Crippen molar-refractivity contribution < 1.29 is 9.59 Å². The number of hydrogen-bond acceptors (Lipinski definition) is 2. The predicted octanol–water partition coefficient (Wildman–Crippen LogP) is 3.21. The Balaban J connectivity index is 2.21. The van der Waals surface area contributed by atoms with Crippen molar-refractivity contribution in [3.63, 3.8) is 0 Å². The molecule has 0 radical (unpaired) electrons. The largest absolute Gasteiger partial charge is 0.332 e. The molecule has 0 bridgehead atoms. The molecule has 20 heavy (non-hydrogen) atoms. The Morgan fingerprint density at radius 3 is 2.30 bits per heavy atom. The third-order valence-electron chi connectivity index (χ3n) is 3.79. The van der Waals surface area contributed by atoms with Crippen LogP contribution in [0.5, 0.6) is 0 Å². The van der Waals surface area contributed by atoms with Crippen molar-refractivity contribution in [1.82, 2.24) is 4.90 Å². The Labute approximate surface area is 121 Å². The van der Waals surface area contributed by atoms with Crippen molar-refractivity contribution in [1.29, 1.82) is 0 Å². The van der Waals surface area contributed by atoms with Crippen molar-refractivity contribution in [3.05, 3.63) is 35.4 Å². The van der Waals surface area contributed by atoms with Gasteiger partial charge in [-0.2, -0.15) is 0 Å². The molecule has 1 aliphatic rings. The minimum atomic E-state index is -0.434. The van der Waals surface area contributed by atoms with Gasteiger partial charge >= 0.3 is 0 Å². The van der Waals surface area contributed by atoms with Crippen molar-refractivity contribution in [2.75, 3.05) is 6.54 Å². The number of nitrogens with zero attached hydrogens (tertiary/aromatic N) is 1. The summed E-state index contributed by atoms with van der Waals surface area (Å²) in [7, 11) is 0. The number of benzene rings is 1. The van der Waals surface area contributed by atoms with Crippen molar-refractivity contribution in [2.45, 2.75) is 46.6 Å². The van der Waals surface area contributed by atoms with Gasteiger partial charge in [0.2, 0.25) is 5.91 Å².